The van der Waals surface area contributed by atoms with Crippen LogP contribution in [0, 0.1) is 0 Å². The molecule has 23 valence electrons. The molecule has 0 aliphatic heterocycles. The van der Waals surface area contributed by atoms with E-state index in [0.717, 1.165) is 0 Å². The Morgan fingerprint density at radius 3 is 1.25 bits per heavy atom. The summed E-state index contributed by atoms with van der Waals surface area (Å²) in [7, 11) is 0. The molecule has 0 aliphatic carbocycles. The van der Waals surface area contributed by atoms with Gasteiger partial charge in [-0.2, -0.15) is 0 Å². The van der Waals surface area contributed by atoms with Crippen LogP contribution in [0.15, 0.2) is 0 Å². The molecule has 0 saturated heterocycles. The second kappa shape index (κ2) is 20.9. The van der Waals surface area contributed by atoms with E-state index in [1.165, 1.54) is 0 Å². The summed E-state index contributed by atoms with van der Waals surface area (Å²) in [6.45, 7) is 0. The predicted octanol–water partition coefficient (Wildman–Crippen LogP) is -0.505. The van der Waals surface area contributed by atoms with Gasteiger partial charge in [0.2, 0.25) is 0 Å². The molecule has 4 heavy (non-hydrogen) atoms. The molecular weight excluding hydrogens is 290 g/mol. The van der Waals surface area contributed by atoms with E-state index in [1.807, 2.05) is 0 Å². The van der Waals surface area contributed by atoms with Crippen LogP contribution in [0.2, 0.25) is 0 Å². The third-order valence-electron chi connectivity index (χ3n) is 0. The fourth-order valence-corrected chi connectivity index (χ4v) is 0. The molecule has 0 unspecified atom stereocenters. The normalized spacial score (nSPS) is 1.00. The fourth-order valence-electron chi connectivity index (χ4n) is 0. The molecule has 4 heteroatoms. The molecule has 0 spiro atoms. The van der Waals surface area contributed by atoms with Gasteiger partial charge in [-0.1, -0.05) is 0 Å². The van der Waals surface area contributed by atoms with Crippen molar-refractivity contribution in [2.24, 2.45) is 0 Å². The zero-order chi connectivity index (χ0) is 2.00. The standard InChI is InChI=1S/Mo.OTe.V/c;1-2;. The van der Waals surface area contributed by atoms with E-state index in [0.29, 0.717) is 22.3 Å². The molecule has 0 aromatic carbocycles. The van der Waals surface area contributed by atoms with Crippen LogP contribution in [-0.4, -0.2) is 22.3 Å². The van der Waals surface area contributed by atoms with Crippen molar-refractivity contribution in [2.75, 3.05) is 0 Å². The van der Waals surface area contributed by atoms with Gasteiger partial charge >= 0.3 is 25.4 Å². The molecule has 1 radical (unpaired) electrons. The smallest absolute Gasteiger partial charge is 0 e. The van der Waals surface area contributed by atoms with Gasteiger partial charge in [0, 0.05) is 39.6 Å². The Balaban J connectivity index is -0.00000000500. The molecule has 0 heterocycles. The van der Waals surface area contributed by atoms with Crippen molar-refractivity contribution < 1.29 is 42.7 Å². The van der Waals surface area contributed by atoms with Crippen molar-refractivity contribution in [1.29, 1.82) is 0 Å². The van der Waals surface area contributed by atoms with Gasteiger partial charge in [0.15, 0.2) is 0 Å². The van der Waals surface area contributed by atoms with E-state index in [-0.39, 0.29) is 39.6 Å². The van der Waals surface area contributed by atoms with Gasteiger partial charge in [-0.3, -0.25) is 0 Å². The van der Waals surface area contributed by atoms with Crippen molar-refractivity contribution in [3.05, 3.63) is 0 Å². The van der Waals surface area contributed by atoms with Crippen molar-refractivity contribution in [3.63, 3.8) is 0 Å². The van der Waals surface area contributed by atoms with Crippen LogP contribution < -0.4 is 0 Å². The SMILES string of the molecule is O=[Te].[Mo].[V]. The first-order valence-electron chi connectivity index (χ1n) is 0.167. The summed E-state index contributed by atoms with van der Waals surface area (Å²) in [6.07, 6.45) is 0. The van der Waals surface area contributed by atoms with Gasteiger partial charge in [0.05, 0.1) is 0 Å². The van der Waals surface area contributed by atoms with E-state index >= 15 is 0 Å². The Morgan fingerprint density at radius 1 is 1.25 bits per heavy atom. The Morgan fingerprint density at radius 2 is 1.25 bits per heavy atom. The van der Waals surface area contributed by atoms with Gasteiger partial charge in [-0.25, -0.2) is 0 Å². The number of hydrogen-bond donors (Lipinski definition) is 0. The van der Waals surface area contributed by atoms with Crippen LogP contribution in [-0.2, 0) is 42.7 Å². The first-order chi connectivity index (χ1) is 1.00. The minimum atomic E-state index is 0. The zero-order valence-electron chi connectivity index (χ0n) is 1.67. The van der Waals surface area contributed by atoms with E-state index in [4.69, 9.17) is 3.10 Å². The summed E-state index contributed by atoms with van der Waals surface area (Å²) in [5.41, 5.74) is 0. The van der Waals surface area contributed by atoms with Gasteiger partial charge in [0.25, 0.3) is 0 Å². The second-order valence-corrected chi connectivity index (χ2v) is 0. The fraction of sp³-hybridized carbons (Fsp3) is 0. The van der Waals surface area contributed by atoms with E-state index in [9.17, 15) is 0 Å². The molecule has 0 aromatic rings. The summed E-state index contributed by atoms with van der Waals surface area (Å²) < 4.78 is 8.26. The summed E-state index contributed by atoms with van der Waals surface area (Å²) in [5.74, 6) is 0. The molecule has 0 bridgehead atoms. The zero-order valence-corrected chi connectivity index (χ0v) is 7.41. The third-order valence-corrected chi connectivity index (χ3v) is 0. The number of hydrogen-bond acceptors (Lipinski definition) is 1. The minimum Gasteiger partial charge on any atom is 0 e. The van der Waals surface area contributed by atoms with Gasteiger partial charge in [-0.15, -0.1) is 0 Å². The Hall–Kier alpha value is 1.86. The summed E-state index contributed by atoms with van der Waals surface area (Å²) in [5, 5.41) is 0. The number of rotatable bonds is 0. The van der Waals surface area contributed by atoms with Crippen molar-refractivity contribution >= 4 is 22.3 Å². The Bertz CT molecular complexity index is 8.00. The van der Waals surface area contributed by atoms with Gasteiger partial charge in [0.1, 0.15) is 0 Å². The minimum absolute atomic E-state index is 0. The monoisotopic (exact) mass is 295 g/mol. The average molecular weight is 290 g/mol. The van der Waals surface area contributed by atoms with Crippen LogP contribution in [0.3, 0.4) is 0 Å². The maximum absolute atomic E-state index is 8.26. The van der Waals surface area contributed by atoms with E-state index in [1.54, 1.807) is 0 Å². The van der Waals surface area contributed by atoms with Crippen molar-refractivity contribution in [3.8, 4) is 0 Å². The average Bonchev–Trinajstić information content (AvgIpc) is 1.00. The topological polar surface area (TPSA) is 17.1 Å². The molecule has 1 nitrogen and oxygen atoms in total. The molecule has 0 aromatic heterocycles. The molecule has 0 aliphatic rings. The van der Waals surface area contributed by atoms with Gasteiger partial charge in [-0.05, 0) is 0 Å². The van der Waals surface area contributed by atoms with Crippen LogP contribution in [0.1, 0.15) is 0 Å². The van der Waals surface area contributed by atoms with Gasteiger partial charge < -0.3 is 0 Å². The molecule has 0 fully saturated rings. The van der Waals surface area contributed by atoms with Crippen molar-refractivity contribution in [1.82, 2.24) is 0 Å². The summed E-state index contributed by atoms with van der Waals surface area (Å²) in [6, 6.07) is 0. The predicted molar refractivity (Wildman–Crippen MR) is 6.44 cm³/mol. The Kier molecular flexibility index (Phi) is 88.4. The van der Waals surface area contributed by atoms with Crippen molar-refractivity contribution in [2.45, 2.75) is 0 Å². The van der Waals surface area contributed by atoms with Crippen LogP contribution in [0.25, 0.3) is 0 Å². The molecule has 0 amide bonds. The van der Waals surface area contributed by atoms with Crippen LogP contribution in [0.4, 0.5) is 0 Å². The summed E-state index contributed by atoms with van der Waals surface area (Å²) >= 11 is 0.700. The quantitative estimate of drug-likeness (QED) is 0.550. The molecule has 0 N–H and O–H groups in total. The van der Waals surface area contributed by atoms with E-state index in [2.05, 4.69) is 0 Å². The maximum Gasteiger partial charge on any atom is 0 e. The van der Waals surface area contributed by atoms with E-state index < -0.39 is 0 Å². The van der Waals surface area contributed by atoms with Crippen LogP contribution in [0.5, 0.6) is 0 Å². The summed E-state index contributed by atoms with van der Waals surface area (Å²) in [4.78, 5) is 0. The first kappa shape index (κ1) is 16.9. The molecular formula is MoOTeV. The Labute approximate surface area is 64.3 Å². The largest absolute Gasteiger partial charge is 0 e. The molecule has 0 saturated carbocycles. The molecule has 0 rings (SSSR count). The second-order valence-electron chi connectivity index (χ2n) is 0. The maximum atomic E-state index is 8.26. The molecule has 0 atom stereocenters. The third kappa shape index (κ3) is 9.12. The van der Waals surface area contributed by atoms with Crippen LogP contribution >= 0.6 is 0 Å². The first-order valence-corrected chi connectivity index (χ1v) is 1.12.